The van der Waals surface area contributed by atoms with Crippen LogP contribution in [0.15, 0.2) is 24.3 Å². The van der Waals surface area contributed by atoms with E-state index in [4.69, 9.17) is 0 Å². The number of aryl methyl sites for hydroxylation is 1. The molecule has 1 atom stereocenters. The highest BCUT2D eigenvalue weighted by Gasteiger charge is 2.16. The quantitative estimate of drug-likeness (QED) is 0.667. The van der Waals surface area contributed by atoms with Gasteiger partial charge in [0.15, 0.2) is 0 Å². The standard InChI is InChI=1S/C11H15N/c1-9-5-2-3-6-10(9)11-7-4-8-12-11/h2-3,5-6,11-12H,4,7-8H2,1H3. The van der Waals surface area contributed by atoms with Crippen LogP contribution < -0.4 is 5.32 Å². The zero-order chi connectivity index (χ0) is 8.39. The van der Waals surface area contributed by atoms with Gasteiger partial charge in [0, 0.05) is 6.04 Å². The lowest BCUT2D eigenvalue weighted by Gasteiger charge is -2.12. The molecule has 0 aliphatic carbocycles. The number of benzene rings is 1. The highest BCUT2D eigenvalue weighted by Crippen LogP contribution is 2.24. The first kappa shape index (κ1) is 7.81. The first-order valence-electron chi connectivity index (χ1n) is 4.67. The molecule has 0 radical (unpaired) electrons. The van der Waals surface area contributed by atoms with E-state index < -0.39 is 0 Å². The SMILES string of the molecule is Cc1ccccc1C1CCCN1. The molecule has 1 aliphatic rings. The summed E-state index contributed by atoms with van der Waals surface area (Å²) in [7, 11) is 0. The van der Waals surface area contributed by atoms with E-state index in [1.54, 1.807) is 0 Å². The second-order valence-corrected chi connectivity index (χ2v) is 3.51. The highest BCUT2D eigenvalue weighted by atomic mass is 14.9. The van der Waals surface area contributed by atoms with Crippen molar-refractivity contribution >= 4 is 0 Å². The number of nitrogens with one attached hydrogen (secondary N) is 1. The molecule has 1 aromatic carbocycles. The van der Waals surface area contributed by atoms with E-state index in [0.29, 0.717) is 6.04 Å². The maximum atomic E-state index is 3.51. The van der Waals surface area contributed by atoms with Crippen molar-refractivity contribution in [1.29, 1.82) is 0 Å². The molecular weight excluding hydrogens is 146 g/mol. The third-order valence-electron chi connectivity index (χ3n) is 2.62. The van der Waals surface area contributed by atoms with E-state index in [0.717, 1.165) is 0 Å². The number of hydrogen-bond acceptors (Lipinski definition) is 1. The number of hydrogen-bond donors (Lipinski definition) is 1. The summed E-state index contributed by atoms with van der Waals surface area (Å²) >= 11 is 0. The van der Waals surface area contributed by atoms with Crippen LogP contribution in [0.3, 0.4) is 0 Å². The van der Waals surface area contributed by atoms with Crippen LogP contribution in [0.2, 0.25) is 0 Å². The van der Waals surface area contributed by atoms with E-state index in [1.165, 1.54) is 30.5 Å². The van der Waals surface area contributed by atoms with Crippen molar-refractivity contribution in [3.05, 3.63) is 35.4 Å². The van der Waals surface area contributed by atoms with E-state index in [1.807, 2.05) is 0 Å². The van der Waals surface area contributed by atoms with Crippen LogP contribution in [0.4, 0.5) is 0 Å². The van der Waals surface area contributed by atoms with Crippen LogP contribution in [0.25, 0.3) is 0 Å². The fourth-order valence-electron chi connectivity index (χ4n) is 1.93. The van der Waals surface area contributed by atoms with Gasteiger partial charge in [0.05, 0.1) is 0 Å². The minimum Gasteiger partial charge on any atom is -0.310 e. The largest absolute Gasteiger partial charge is 0.310 e. The summed E-state index contributed by atoms with van der Waals surface area (Å²) in [6, 6.07) is 9.27. The molecule has 1 unspecified atom stereocenters. The summed E-state index contributed by atoms with van der Waals surface area (Å²) in [5, 5.41) is 3.51. The van der Waals surface area contributed by atoms with Gasteiger partial charge < -0.3 is 5.32 Å². The fourth-order valence-corrected chi connectivity index (χ4v) is 1.93. The van der Waals surface area contributed by atoms with Crippen molar-refractivity contribution in [2.75, 3.05) is 6.54 Å². The second-order valence-electron chi connectivity index (χ2n) is 3.51. The van der Waals surface area contributed by atoms with Gasteiger partial charge in [0.2, 0.25) is 0 Å². The fraction of sp³-hybridized carbons (Fsp3) is 0.455. The zero-order valence-corrected chi connectivity index (χ0v) is 7.51. The zero-order valence-electron chi connectivity index (χ0n) is 7.51. The smallest absolute Gasteiger partial charge is 0.0323 e. The molecule has 64 valence electrons. The molecule has 0 saturated carbocycles. The van der Waals surface area contributed by atoms with Gasteiger partial charge >= 0.3 is 0 Å². The summed E-state index contributed by atoms with van der Waals surface area (Å²) < 4.78 is 0. The van der Waals surface area contributed by atoms with E-state index in [2.05, 4.69) is 36.5 Å². The molecule has 1 fully saturated rings. The summed E-state index contributed by atoms with van der Waals surface area (Å²) in [5.74, 6) is 0. The van der Waals surface area contributed by atoms with Gasteiger partial charge in [0.1, 0.15) is 0 Å². The molecule has 0 amide bonds. The Bertz CT molecular complexity index is 261. The van der Waals surface area contributed by atoms with Crippen LogP contribution in [-0.4, -0.2) is 6.54 Å². The molecule has 1 heteroatoms. The van der Waals surface area contributed by atoms with Gasteiger partial charge in [-0.3, -0.25) is 0 Å². The molecular formula is C11H15N. The molecule has 12 heavy (non-hydrogen) atoms. The molecule has 1 aromatic rings. The normalized spacial score (nSPS) is 22.9. The molecule has 1 saturated heterocycles. The van der Waals surface area contributed by atoms with Crippen LogP contribution in [0.5, 0.6) is 0 Å². The average Bonchev–Trinajstić information content (AvgIpc) is 2.57. The lowest BCUT2D eigenvalue weighted by molar-refractivity contribution is 0.644. The molecule has 1 N–H and O–H groups in total. The Kier molecular flexibility index (Phi) is 2.13. The monoisotopic (exact) mass is 161 g/mol. The minimum absolute atomic E-state index is 0.617. The Morgan fingerprint density at radius 1 is 1.33 bits per heavy atom. The summed E-state index contributed by atoms with van der Waals surface area (Å²) in [5.41, 5.74) is 2.90. The van der Waals surface area contributed by atoms with Crippen molar-refractivity contribution in [2.45, 2.75) is 25.8 Å². The number of rotatable bonds is 1. The van der Waals surface area contributed by atoms with Gasteiger partial charge in [-0.2, -0.15) is 0 Å². The first-order chi connectivity index (χ1) is 5.88. The van der Waals surface area contributed by atoms with Gasteiger partial charge in [-0.1, -0.05) is 24.3 Å². The summed E-state index contributed by atoms with van der Waals surface area (Å²) in [6.45, 7) is 3.37. The van der Waals surface area contributed by atoms with Crippen molar-refractivity contribution in [2.24, 2.45) is 0 Å². The molecule has 0 bridgehead atoms. The van der Waals surface area contributed by atoms with Crippen LogP contribution in [0, 0.1) is 6.92 Å². The van der Waals surface area contributed by atoms with E-state index in [9.17, 15) is 0 Å². The Morgan fingerprint density at radius 3 is 2.83 bits per heavy atom. The van der Waals surface area contributed by atoms with Crippen LogP contribution >= 0.6 is 0 Å². The Morgan fingerprint density at radius 2 is 2.17 bits per heavy atom. The lowest BCUT2D eigenvalue weighted by atomic mass is 10.0. The topological polar surface area (TPSA) is 12.0 Å². The summed E-state index contributed by atoms with van der Waals surface area (Å²) in [6.07, 6.45) is 2.61. The minimum atomic E-state index is 0.617. The van der Waals surface area contributed by atoms with Gasteiger partial charge in [-0.25, -0.2) is 0 Å². The average molecular weight is 161 g/mol. The van der Waals surface area contributed by atoms with Crippen LogP contribution in [-0.2, 0) is 0 Å². The van der Waals surface area contributed by atoms with Crippen molar-refractivity contribution in [3.8, 4) is 0 Å². The van der Waals surface area contributed by atoms with Crippen molar-refractivity contribution in [1.82, 2.24) is 5.32 Å². The van der Waals surface area contributed by atoms with E-state index in [-0.39, 0.29) is 0 Å². The molecule has 1 nitrogen and oxygen atoms in total. The third-order valence-corrected chi connectivity index (χ3v) is 2.62. The molecule has 0 aromatic heterocycles. The molecule has 2 rings (SSSR count). The van der Waals surface area contributed by atoms with Crippen molar-refractivity contribution in [3.63, 3.8) is 0 Å². The Balaban J connectivity index is 2.26. The van der Waals surface area contributed by atoms with Crippen molar-refractivity contribution < 1.29 is 0 Å². The third kappa shape index (κ3) is 1.37. The highest BCUT2D eigenvalue weighted by molar-refractivity contribution is 5.29. The maximum absolute atomic E-state index is 3.51. The van der Waals surface area contributed by atoms with E-state index >= 15 is 0 Å². The van der Waals surface area contributed by atoms with Gasteiger partial charge in [-0.15, -0.1) is 0 Å². The molecule has 1 heterocycles. The van der Waals surface area contributed by atoms with Crippen LogP contribution in [0.1, 0.15) is 30.0 Å². The maximum Gasteiger partial charge on any atom is 0.0323 e. The molecule has 1 aliphatic heterocycles. The lowest BCUT2D eigenvalue weighted by Crippen LogP contribution is -2.13. The van der Waals surface area contributed by atoms with Gasteiger partial charge in [-0.05, 0) is 37.4 Å². The second kappa shape index (κ2) is 3.28. The Hall–Kier alpha value is -0.820. The Labute approximate surface area is 73.8 Å². The predicted molar refractivity (Wildman–Crippen MR) is 51.2 cm³/mol. The summed E-state index contributed by atoms with van der Waals surface area (Å²) in [4.78, 5) is 0. The molecule has 0 spiro atoms. The first-order valence-corrected chi connectivity index (χ1v) is 4.67. The predicted octanol–water partition coefficient (Wildman–Crippen LogP) is 2.42. The van der Waals surface area contributed by atoms with Gasteiger partial charge in [0.25, 0.3) is 0 Å².